The van der Waals surface area contributed by atoms with Crippen LogP contribution in [0.1, 0.15) is 17.5 Å². The van der Waals surface area contributed by atoms with Gasteiger partial charge in [0, 0.05) is 25.7 Å². The first-order chi connectivity index (χ1) is 16.1. The molecule has 0 bridgehead atoms. The fourth-order valence-corrected chi connectivity index (χ4v) is 4.00. The first-order valence-corrected chi connectivity index (χ1v) is 10.7. The van der Waals surface area contributed by atoms with Crippen LogP contribution in [0.15, 0.2) is 55.5 Å². The highest BCUT2D eigenvalue weighted by molar-refractivity contribution is 5.82. The van der Waals surface area contributed by atoms with Crippen LogP contribution in [0.5, 0.6) is 0 Å². The molecule has 1 saturated heterocycles. The summed E-state index contributed by atoms with van der Waals surface area (Å²) in [5, 5.41) is 33.0. The maximum absolute atomic E-state index is 10.3. The number of nitrogens with one attached hydrogen (secondary N) is 1. The predicted molar refractivity (Wildman–Crippen MR) is 118 cm³/mol. The molecule has 0 spiro atoms. The molecule has 4 aromatic rings. The number of hydrogen-bond acceptors (Lipinski definition) is 9. The molecular weight excluding hydrogens is 426 g/mol. The van der Waals surface area contributed by atoms with Crippen LogP contribution in [0, 0.1) is 0 Å². The summed E-state index contributed by atoms with van der Waals surface area (Å²) in [4.78, 5) is 17.4. The molecule has 11 nitrogen and oxygen atoms in total. The zero-order valence-corrected chi connectivity index (χ0v) is 17.8. The van der Waals surface area contributed by atoms with Gasteiger partial charge in [0.25, 0.3) is 0 Å². The van der Waals surface area contributed by atoms with Crippen LogP contribution >= 0.6 is 0 Å². The second-order valence-corrected chi connectivity index (χ2v) is 7.97. The number of rotatable bonds is 8. The van der Waals surface area contributed by atoms with E-state index in [4.69, 9.17) is 4.74 Å². The Hall–Kier alpha value is -3.38. The van der Waals surface area contributed by atoms with E-state index in [-0.39, 0.29) is 0 Å². The van der Waals surface area contributed by atoms with E-state index in [1.165, 1.54) is 22.8 Å². The van der Waals surface area contributed by atoms with Crippen LogP contribution in [-0.2, 0) is 17.7 Å². The largest absolute Gasteiger partial charge is 0.394 e. The first-order valence-electron chi connectivity index (χ1n) is 10.7. The zero-order chi connectivity index (χ0) is 22.8. The smallest absolute Gasteiger partial charge is 0.167 e. The van der Waals surface area contributed by atoms with Crippen molar-refractivity contribution in [1.29, 1.82) is 0 Å². The van der Waals surface area contributed by atoms with Crippen LogP contribution in [0.2, 0.25) is 0 Å². The molecule has 1 aliphatic rings. The molecule has 1 aromatic carbocycles. The van der Waals surface area contributed by atoms with Crippen molar-refractivity contribution in [3.63, 3.8) is 0 Å². The quantitative estimate of drug-likeness (QED) is 0.298. The van der Waals surface area contributed by atoms with E-state index in [0.717, 1.165) is 12.2 Å². The summed E-state index contributed by atoms with van der Waals surface area (Å²) < 4.78 is 9.18. The molecule has 0 unspecified atom stereocenters. The molecule has 4 atom stereocenters. The molecule has 0 amide bonds. The van der Waals surface area contributed by atoms with Crippen molar-refractivity contribution in [2.75, 3.05) is 18.5 Å². The minimum absolute atomic E-state index is 0.399. The minimum atomic E-state index is -1.21. The van der Waals surface area contributed by atoms with Gasteiger partial charge in [-0.2, -0.15) is 0 Å². The molecule has 0 radical (unpaired) electrons. The van der Waals surface area contributed by atoms with E-state index in [0.29, 0.717) is 29.9 Å². The number of imidazole rings is 2. The normalized spacial score (nSPS) is 22.8. The Morgan fingerprint density at radius 3 is 2.64 bits per heavy atom. The average molecular weight is 451 g/mol. The third-order valence-electron chi connectivity index (χ3n) is 5.72. The van der Waals surface area contributed by atoms with Gasteiger partial charge in [0.05, 0.1) is 25.0 Å². The third-order valence-corrected chi connectivity index (χ3v) is 5.72. The summed E-state index contributed by atoms with van der Waals surface area (Å²) in [6, 6.07) is 10.2. The summed E-state index contributed by atoms with van der Waals surface area (Å²) in [6.45, 7) is 0.964. The number of aliphatic hydroxyl groups is 3. The van der Waals surface area contributed by atoms with E-state index in [1.807, 2.05) is 30.7 Å². The molecule has 33 heavy (non-hydrogen) atoms. The molecule has 0 aliphatic carbocycles. The number of aliphatic hydroxyl groups excluding tert-OH is 3. The molecule has 172 valence electrons. The van der Waals surface area contributed by atoms with Crippen molar-refractivity contribution >= 4 is 17.0 Å². The monoisotopic (exact) mass is 451 g/mol. The third kappa shape index (κ3) is 4.31. The lowest BCUT2D eigenvalue weighted by molar-refractivity contribution is -0.0511. The molecule has 4 N–H and O–H groups in total. The molecule has 1 aliphatic heterocycles. The van der Waals surface area contributed by atoms with Crippen LogP contribution in [0.25, 0.3) is 11.2 Å². The Morgan fingerprint density at radius 2 is 1.85 bits per heavy atom. The van der Waals surface area contributed by atoms with E-state index in [9.17, 15) is 15.3 Å². The van der Waals surface area contributed by atoms with Crippen molar-refractivity contribution in [3.8, 4) is 0 Å². The Kier molecular flexibility index (Phi) is 6.01. The van der Waals surface area contributed by atoms with Crippen molar-refractivity contribution in [1.82, 2.24) is 29.1 Å². The molecule has 5 rings (SSSR count). The summed E-state index contributed by atoms with van der Waals surface area (Å²) in [6.07, 6.45) is 3.25. The SMILES string of the molecule is OC[C@H]1O[C@@H](n2cnc3c(NCCc4cn(Cc5ccccc5)cn4)ncnc32)[C@H](O)[C@@H]1O. The lowest BCUT2D eigenvalue weighted by Crippen LogP contribution is -2.33. The van der Waals surface area contributed by atoms with E-state index in [1.54, 1.807) is 0 Å². The lowest BCUT2D eigenvalue weighted by atomic mass is 10.1. The summed E-state index contributed by atoms with van der Waals surface area (Å²) in [5.41, 5.74) is 3.15. The average Bonchev–Trinajstić information content (AvgIpc) is 3.53. The number of aromatic nitrogens is 6. The second kappa shape index (κ2) is 9.24. The van der Waals surface area contributed by atoms with Crippen LogP contribution < -0.4 is 5.32 Å². The van der Waals surface area contributed by atoms with Gasteiger partial charge in [0.2, 0.25) is 0 Å². The topological polar surface area (TPSA) is 143 Å². The number of hydrogen-bond donors (Lipinski definition) is 4. The maximum Gasteiger partial charge on any atom is 0.167 e. The number of anilines is 1. The van der Waals surface area contributed by atoms with Gasteiger partial charge in [-0.1, -0.05) is 30.3 Å². The van der Waals surface area contributed by atoms with Crippen LogP contribution in [0.3, 0.4) is 0 Å². The molecule has 3 aromatic heterocycles. The van der Waals surface area contributed by atoms with Crippen LogP contribution in [0.4, 0.5) is 5.82 Å². The van der Waals surface area contributed by atoms with E-state index < -0.39 is 31.1 Å². The maximum atomic E-state index is 10.3. The molecule has 1 fully saturated rings. The highest BCUT2D eigenvalue weighted by Gasteiger charge is 2.44. The van der Waals surface area contributed by atoms with E-state index in [2.05, 4.69) is 42.0 Å². The summed E-state index contributed by atoms with van der Waals surface area (Å²) in [7, 11) is 0. The number of nitrogens with zero attached hydrogens (tertiary/aromatic N) is 6. The van der Waals surface area contributed by atoms with E-state index >= 15 is 0 Å². The Balaban J connectivity index is 1.24. The fourth-order valence-electron chi connectivity index (χ4n) is 4.00. The summed E-state index contributed by atoms with van der Waals surface area (Å²) >= 11 is 0. The molecule has 0 saturated carbocycles. The first kappa shape index (κ1) is 21.5. The van der Waals surface area contributed by atoms with Gasteiger partial charge in [-0.25, -0.2) is 19.9 Å². The Bertz CT molecular complexity index is 1210. The van der Waals surface area contributed by atoms with Crippen molar-refractivity contribution in [2.45, 2.75) is 37.5 Å². The fraction of sp³-hybridized carbons (Fsp3) is 0.364. The Morgan fingerprint density at radius 1 is 1.00 bits per heavy atom. The van der Waals surface area contributed by atoms with Crippen molar-refractivity contribution in [3.05, 3.63) is 66.8 Å². The number of ether oxygens (including phenoxy) is 1. The highest BCUT2D eigenvalue weighted by Crippen LogP contribution is 2.32. The van der Waals surface area contributed by atoms with Gasteiger partial charge < -0.3 is 29.9 Å². The molecular formula is C22H25N7O4. The lowest BCUT2D eigenvalue weighted by Gasteiger charge is -2.16. The zero-order valence-electron chi connectivity index (χ0n) is 17.8. The van der Waals surface area contributed by atoms with Gasteiger partial charge >= 0.3 is 0 Å². The molecule has 4 heterocycles. The van der Waals surface area contributed by atoms with Gasteiger partial charge in [-0.05, 0) is 5.56 Å². The van der Waals surface area contributed by atoms with Crippen LogP contribution in [-0.4, -0.2) is 75.9 Å². The van der Waals surface area contributed by atoms with Crippen molar-refractivity contribution in [2.24, 2.45) is 0 Å². The summed E-state index contributed by atoms with van der Waals surface area (Å²) in [5.74, 6) is 0.550. The van der Waals surface area contributed by atoms with Gasteiger partial charge in [0.15, 0.2) is 23.2 Å². The predicted octanol–water partition coefficient (Wildman–Crippen LogP) is 0.337. The molecule has 11 heteroatoms. The Labute approximate surface area is 189 Å². The van der Waals surface area contributed by atoms with Gasteiger partial charge in [0.1, 0.15) is 24.6 Å². The van der Waals surface area contributed by atoms with Gasteiger partial charge in [-0.15, -0.1) is 0 Å². The minimum Gasteiger partial charge on any atom is -0.394 e. The second-order valence-electron chi connectivity index (χ2n) is 7.97. The standard InChI is InChI=1S/C22H25N7O4/c30-10-16-18(31)19(32)22(33-16)29-13-27-17-20(24-11-25-21(17)29)23-7-6-15-9-28(12-26-15)8-14-4-2-1-3-5-14/h1-5,9,11-13,16,18-19,22,30-32H,6-8,10H2,(H,23,24,25)/t16-,18-,19-,22-/m1/s1. The number of benzene rings is 1. The number of fused-ring (bicyclic) bond motifs is 1. The van der Waals surface area contributed by atoms with Gasteiger partial charge in [-0.3, -0.25) is 4.57 Å². The highest BCUT2D eigenvalue weighted by atomic mass is 16.6. The van der Waals surface area contributed by atoms with Crippen molar-refractivity contribution < 1.29 is 20.1 Å².